The molecule has 106 valence electrons. The van der Waals surface area contributed by atoms with Gasteiger partial charge in [-0.3, -0.25) is 9.59 Å². The number of nitrogens with zero attached hydrogens (tertiary/aromatic N) is 1. The Morgan fingerprint density at radius 2 is 1.76 bits per heavy atom. The van der Waals surface area contributed by atoms with Crippen molar-refractivity contribution in [1.29, 1.82) is 0 Å². The van der Waals surface area contributed by atoms with Gasteiger partial charge in [0.05, 0.1) is 5.56 Å². The van der Waals surface area contributed by atoms with E-state index in [1.54, 1.807) is 24.3 Å². The van der Waals surface area contributed by atoms with Crippen molar-refractivity contribution in [1.82, 2.24) is 4.98 Å². The molecule has 0 aliphatic heterocycles. The normalized spacial score (nSPS) is 9.95. The Morgan fingerprint density at radius 1 is 1.10 bits per heavy atom. The smallest absolute Gasteiger partial charge is 0.355 e. The molecule has 6 nitrogen and oxygen atoms in total. The predicted octanol–water partition coefficient (Wildman–Crippen LogP) is 2.23. The number of carboxylic acid groups (broad SMARTS) is 1. The molecule has 0 aliphatic rings. The molecule has 0 radical (unpaired) electrons. The number of hydrogen-bond donors (Lipinski definition) is 2. The second-order valence-corrected chi connectivity index (χ2v) is 4.29. The quantitative estimate of drug-likeness (QED) is 0.839. The van der Waals surface area contributed by atoms with Crippen molar-refractivity contribution in [3.63, 3.8) is 0 Å². The maximum Gasteiger partial charge on any atom is 0.355 e. The molecule has 2 N–H and O–H groups in total. The highest BCUT2D eigenvalue weighted by atomic mass is 16.4. The Kier molecular flexibility index (Phi) is 4.08. The van der Waals surface area contributed by atoms with Gasteiger partial charge in [-0.15, -0.1) is 0 Å². The molecule has 1 heterocycles. The molecule has 0 aliphatic carbocycles. The molecule has 0 saturated carbocycles. The minimum atomic E-state index is -1.27. The second kappa shape index (κ2) is 5.96. The van der Waals surface area contributed by atoms with E-state index in [-0.39, 0.29) is 17.0 Å². The van der Waals surface area contributed by atoms with E-state index >= 15 is 0 Å². The van der Waals surface area contributed by atoms with Gasteiger partial charge in [0.15, 0.2) is 11.5 Å². The Bertz CT molecular complexity index is 708. The molecule has 0 spiro atoms. The Balaban J connectivity index is 2.22. The molecule has 0 atom stereocenters. The summed E-state index contributed by atoms with van der Waals surface area (Å²) in [5.74, 6) is -1.92. The fourth-order valence-electron chi connectivity index (χ4n) is 1.75. The van der Waals surface area contributed by atoms with Crippen LogP contribution in [0.15, 0.2) is 42.6 Å². The van der Waals surface area contributed by atoms with E-state index < -0.39 is 11.9 Å². The maximum absolute atomic E-state index is 12.1. The second-order valence-electron chi connectivity index (χ2n) is 4.29. The van der Waals surface area contributed by atoms with E-state index in [4.69, 9.17) is 5.11 Å². The van der Waals surface area contributed by atoms with Gasteiger partial charge in [0.2, 0.25) is 0 Å². The number of ketones is 1. The molecule has 1 amide bonds. The van der Waals surface area contributed by atoms with E-state index in [2.05, 4.69) is 10.3 Å². The van der Waals surface area contributed by atoms with Gasteiger partial charge in [0.25, 0.3) is 5.91 Å². The Hall–Kier alpha value is -3.02. The van der Waals surface area contributed by atoms with Crippen LogP contribution in [0.25, 0.3) is 0 Å². The van der Waals surface area contributed by atoms with Gasteiger partial charge in [-0.05, 0) is 43.3 Å². The standard InChI is InChI=1S/C15H12N2O4/c1-9(18)10-4-6-11(7-5-10)17-14(19)12-3-2-8-16-13(12)15(20)21/h2-8H,1H3,(H,17,19)(H,20,21). The number of amides is 1. The highest BCUT2D eigenvalue weighted by Gasteiger charge is 2.17. The number of Topliss-reactive ketones (excluding diaryl/α,β-unsaturated/α-hetero) is 1. The molecule has 6 heteroatoms. The number of hydrogen-bond acceptors (Lipinski definition) is 4. The molecule has 21 heavy (non-hydrogen) atoms. The molecule has 1 aromatic heterocycles. The summed E-state index contributed by atoms with van der Waals surface area (Å²) in [6.45, 7) is 1.45. The number of anilines is 1. The van der Waals surface area contributed by atoms with Crippen molar-refractivity contribution >= 4 is 23.3 Å². The van der Waals surface area contributed by atoms with Crippen molar-refractivity contribution < 1.29 is 19.5 Å². The van der Waals surface area contributed by atoms with Crippen LogP contribution in [0.2, 0.25) is 0 Å². The third-order valence-electron chi connectivity index (χ3n) is 2.80. The van der Waals surface area contributed by atoms with Gasteiger partial charge in [0, 0.05) is 17.4 Å². The lowest BCUT2D eigenvalue weighted by Gasteiger charge is -2.07. The Labute approximate surface area is 120 Å². The van der Waals surface area contributed by atoms with Crippen LogP contribution >= 0.6 is 0 Å². The predicted molar refractivity (Wildman–Crippen MR) is 75.6 cm³/mol. The van der Waals surface area contributed by atoms with Crippen LogP contribution in [0.1, 0.15) is 38.1 Å². The van der Waals surface area contributed by atoms with Crippen LogP contribution in [0.5, 0.6) is 0 Å². The van der Waals surface area contributed by atoms with Crippen LogP contribution < -0.4 is 5.32 Å². The number of aromatic nitrogens is 1. The number of benzene rings is 1. The van der Waals surface area contributed by atoms with Gasteiger partial charge in [-0.25, -0.2) is 9.78 Å². The number of carbonyl (C=O) groups is 3. The summed E-state index contributed by atoms with van der Waals surface area (Å²) in [7, 11) is 0. The summed E-state index contributed by atoms with van der Waals surface area (Å²) < 4.78 is 0. The van der Waals surface area contributed by atoms with Crippen molar-refractivity contribution in [2.45, 2.75) is 6.92 Å². The summed E-state index contributed by atoms with van der Waals surface area (Å²) >= 11 is 0. The van der Waals surface area contributed by atoms with Crippen molar-refractivity contribution in [3.05, 3.63) is 59.4 Å². The lowest BCUT2D eigenvalue weighted by atomic mass is 10.1. The molecule has 0 bridgehead atoms. The third kappa shape index (κ3) is 3.30. The first kappa shape index (κ1) is 14.4. The van der Waals surface area contributed by atoms with Gasteiger partial charge in [-0.1, -0.05) is 0 Å². The summed E-state index contributed by atoms with van der Waals surface area (Å²) in [5.41, 5.74) is 0.654. The van der Waals surface area contributed by atoms with Crippen molar-refractivity contribution in [2.24, 2.45) is 0 Å². The average molecular weight is 284 g/mol. The molecule has 2 aromatic rings. The average Bonchev–Trinajstić information content (AvgIpc) is 2.47. The van der Waals surface area contributed by atoms with E-state index in [0.29, 0.717) is 11.3 Å². The monoisotopic (exact) mass is 284 g/mol. The number of carboxylic acids is 1. The summed E-state index contributed by atoms with van der Waals surface area (Å²) in [6.07, 6.45) is 1.31. The molecule has 0 unspecified atom stereocenters. The highest BCUT2D eigenvalue weighted by Crippen LogP contribution is 2.13. The maximum atomic E-state index is 12.1. The molecule has 1 aromatic carbocycles. The first-order chi connectivity index (χ1) is 9.99. The van der Waals surface area contributed by atoms with Gasteiger partial charge in [-0.2, -0.15) is 0 Å². The topological polar surface area (TPSA) is 96.4 Å². The SMILES string of the molecule is CC(=O)c1ccc(NC(=O)c2cccnc2C(=O)O)cc1. The molecular weight excluding hydrogens is 272 g/mol. The van der Waals surface area contributed by atoms with Crippen LogP contribution in [0.3, 0.4) is 0 Å². The van der Waals surface area contributed by atoms with Gasteiger partial charge >= 0.3 is 5.97 Å². The number of nitrogens with one attached hydrogen (secondary N) is 1. The van der Waals surface area contributed by atoms with E-state index in [9.17, 15) is 14.4 Å². The first-order valence-corrected chi connectivity index (χ1v) is 6.09. The summed E-state index contributed by atoms with van der Waals surface area (Å²) in [5, 5.41) is 11.6. The van der Waals surface area contributed by atoms with Crippen molar-refractivity contribution in [3.8, 4) is 0 Å². The zero-order valence-electron chi connectivity index (χ0n) is 11.2. The molecule has 0 saturated heterocycles. The first-order valence-electron chi connectivity index (χ1n) is 6.09. The van der Waals surface area contributed by atoms with Crippen LogP contribution in [0, 0.1) is 0 Å². The fraction of sp³-hybridized carbons (Fsp3) is 0.0667. The van der Waals surface area contributed by atoms with Gasteiger partial charge < -0.3 is 10.4 Å². The summed E-state index contributed by atoms with van der Waals surface area (Å²) in [4.78, 5) is 37.9. The van der Waals surface area contributed by atoms with Crippen LogP contribution in [0.4, 0.5) is 5.69 Å². The van der Waals surface area contributed by atoms with Crippen LogP contribution in [-0.2, 0) is 0 Å². The largest absolute Gasteiger partial charge is 0.476 e. The lowest BCUT2D eigenvalue weighted by molar-refractivity contribution is 0.0685. The molecule has 2 rings (SSSR count). The zero-order valence-corrected chi connectivity index (χ0v) is 11.2. The van der Waals surface area contributed by atoms with Crippen LogP contribution in [-0.4, -0.2) is 27.8 Å². The third-order valence-corrected chi connectivity index (χ3v) is 2.80. The Morgan fingerprint density at radius 3 is 2.33 bits per heavy atom. The lowest BCUT2D eigenvalue weighted by Crippen LogP contribution is -2.17. The number of aromatic carboxylic acids is 1. The molecular formula is C15H12N2O4. The number of rotatable bonds is 4. The number of carbonyl (C=O) groups excluding carboxylic acids is 2. The van der Waals surface area contributed by atoms with E-state index in [0.717, 1.165) is 0 Å². The van der Waals surface area contributed by atoms with E-state index in [1.807, 2.05) is 0 Å². The minimum Gasteiger partial charge on any atom is -0.476 e. The number of pyridine rings is 1. The van der Waals surface area contributed by atoms with Gasteiger partial charge in [0.1, 0.15) is 0 Å². The van der Waals surface area contributed by atoms with E-state index in [1.165, 1.54) is 25.3 Å². The molecule has 0 fully saturated rings. The summed E-state index contributed by atoms with van der Waals surface area (Å²) in [6, 6.07) is 9.19. The van der Waals surface area contributed by atoms with Crippen molar-refractivity contribution in [2.75, 3.05) is 5.32 Å². The fourth-order valence-corrected chi connectivity index (χ4v) is 1.75. The minimum absolute atomic E-state index is 0.0272. The zero-order chi connectivity index (χ0) is 15.4. The highest BCUT2D eigenvalue weighted by molar-refractivity contribution is 6.10.